The van der Waals surface area contributed by atoms with Crippen molar-refractivity contribution < 1.29 is 0 Å². The quantitative estimate of drug-likeness (QED) is 0.164. The minimum Gasteiger partial charge on any atom is -0.311 e. The number of hydrogen-bond donors (Lipinski definition) is 0. The molecule has 0 N–H and O–H groups in total. The molecule has 0 unspecified atom stereocenters. The average molecular weight is 763 g/mol. The van der Waals surface area contributed by atoms with Gasteiger partial charge in [0.1, 0.15) is 0 Å². The molecule has 1 aromatic heterocycles. The lowest BCUT2D eigenvalue weighted by Gasteiger charge is -2.44. The molecular formula is C54H47BN4. The first-order valence-corrected chi connectivity index (χ1v) is 20.7. The van der Waals surface area contributed by atoms with Crippen molar-refractivity contribution in [2.24, 2.45) is 0 Å². The van der Waals surface area contributed by atoms with Gasteiger partial charge in [0, 0.05) is 50.8 Å². The van der Waals surface area contributed by atoms with Crippen molar-refractivity contribution in [2.45, 2.75) is 52.4 Å². The third-order valence-electron chi connectivity index (χ3n) is 12.0. The molecule has 8 aromatic rings. The van der Waals surface area contributed by atoms with Gasteiger partial charge in [-0.15, -0.1) is 0 Å². The van der Waals surface area contributed by atoms with Crippen molar-refractivity contribution in [3.05, 3.63) is 187 Å². The molecule has 286 valence electrons. The van der Waals surface area contributed by atoms with Crippen LogP contribution in [0.15, 0.2) is 176 Å². The van der Waals surface area contributed by atoms with Crippen LogP contribution in [-0.4, -0.2) is 16.7 Å². The topological polar surface area (TPSA) is 32.3 Å². The predicted molar refractivity (Wildman–Crippen MR) is 250 cm³/mol. The second-order valence-corrected chi connectivity index (χ2v) is 17.9. The van der Waals surface area contributed by atoms with E-state index in [0.29, 0.717) is 5.82 Å². The Morgan fingerprint density at radius 3 is 1.25 bits per heavy atom. The molecule has 7 aromatic carbocycles. The number of anilines is 6. The molecule has 3 heterocycles. The fourth-order valence-electron chi connectivity index (χ4n) is 8.89. The molecule has 0 bridgehead atoms. The second kappa shape index (κ2) is 14.0. The molecule has 59 heavy (non-hydrogen) atoms. The van der Waals surface area contributed by atoms with Crippen LogP contribution in [0.2, 0.25) is 0 Å². The molecule has 0 atom stereocenters. The highest BCUT2D eigenvalue weighted by Gasteiger charge is 2.43. The summed E-state index contributed by atoms with van der Waals surface area (Å²) in [6.45, 7) is 13.7. The third kappa shape index (κ3) is 6.42. The van der Waals surface area contributed by atoms with Gasteiger partial charge in [0.2, 0.25) is 0 Å². The van der Waals surface area contributed by atoms with Crippen molar-refractivity contribution in [3.8, 4) is 33.9 Å². The molecule has 0 fully saturated rings. The van der Waals surface area contributed by atoms with Gasteiger partial charge in [0.25, 0.3) is 6.71 Å². The Kier molecular flexibility index (Phi) is 8.68. The Morgan fingerprint density at radius 1 is 0.390 bits per heavy atom. The maximum absolute atomic E-state index is 5.37. The number of para-hydroxylation sites is 2. The van der Waals surface area contributed by atoms with Crippen LogP contribution in [0.5, 0.6) is 0 Å². The van der Waals surface area contributed by atoms with Gasteiger partial charge < -0.3 is 9.80 Å². The largest absolute Gasteiger partial charge is 0.311 e. The van der Waals surface area contributed by atoms with Crippen molar-refractivity contribution in [2.75, 3.05) is 9.80 Å². The first kappa shape index (κ1) is 36.6. The van der Waals surface area contributed by atoms with Crippen molar-refractivity contribution in [3.63, 3.8) is 0 Å². The van der Waals surface area contributed by atoms with Gasteiger partial charge in [-0.3, -0.25) is 0 Å². The molecule has 0 amide bonds. The molecule has 0 saturated carbocycles. The highest BCUT2D eigenvalue weighted by Crippen LogP contribution is 2.46. The monoisotopic (exact) mass is 762 g/mol. The minimum atomic E-state index is 0.0294. The first-order valence-electron chi connectivity index (χ1n) is 20.7. The number of aromatic nitrogens is 2. The van der Waals surface area contributed by atoms with Gasteiger partial charge in [-0.05, 0) is 92.9 Å². The van der Waals surface area contributed by atoms with E-state index in [-0.39, 0.29) is 17.5 Å². The SMILES string of the molecule is CC(C)(C)c1ccc(N2c3ccccc3B3c4ccccc4N(c4ccc(C(C)(C)C)cc4)c4cc(-c5cc(-c6ccccc6)nc(-c6ccccc6)n5)cc2c43)cc1. The van der Waals surface area contributed by atoms with Gasteiger partial charge >= 0.3 is 0 Å². The fraction of sp³-hybridized carbons (Fsp3) is 0.148. The Morgan fingerprint density at radius 2 is 0.797 bits per heavy atom. The Labute approximate surface area is 349 Å². The lowest BCUT2D eigenvalue weighted by molar-refractivity contribution is 0.590. The summed E-state index contributed by atoms with van der Waals surface area (Å²) in [6, 6.07) is 64.0. The number of benzene rings is 7. The summed E-state index contributed by atoms with van der Waals surface area (Å²) >= 11 is 0. The zero-order valence-corrected chi connectivity index (χ0v) is 34.6. The molecular weight excluding hydrogens is 715 g/mol. The van der Waals surface area contributed by atoms with E-state index < -0.39 is 0 Å². The van der Waals surface area contributed by atoms with Crippen LogP contribution in [0.1, 0.15) is 52.7 Å². The molecule has 4 nitrogen and oxygen atoms in total. The summed E-state index contributed by atoms with van der Waals surface area (Å²) in [7, 11) is 0. The zero-order chi connectivity index (χ0) is 40.5. The Bertz CT molecular complexity index is 2650. The van der Waals surface area contributed by atoms with Crippen molar-refractivity contribution in [1.82, 2.24) is 9.97 Å². The van der Waals surface area contributed by atoms with Crippen molar-refractivity contribution in [1.29, 1.82) is 0 Å². The van der Waals surface area contributed by atoms with Gasteiger partial charge in [-0.25, -0.2) is 9.97 Å². The molecule has 0 spiro atoms. The van der Waals surface area contributed by atoms with Gasteiger partial charge in [0.05, 0.1) is 11.4 Å². The summed E-state index contributed by atoms with van der Waals surface area (Å²) in [4.78, 5) is 15.5. The normalized spacial score (nSPS) is 13.2. The number of nitrogens with zero attached hydrogens (tertiary/aromatic N) is 4. The molecule has 0 radical (unpaired) electrons. The summed E-state index contributed by atoms with van der Waals surface area (Å²) in [5.74, 6) is 0.700. The smallest absolute Gasteiger partial charge is 0.252 e. The van der Waals surface area contributed by atoms with Crippen LogP contribution in [0, 0.1) is 0 Å². The van der Waals surface area contributed by atoms with E-state index in [4.69, 9.17) is 9.97 Å². The molecule has 0 saturated heterocycles. The molecule has 10 rings (SSSR count). The Hall–Kier alpha value is -6.72. The average Bonchev–Trinajstić information content (AvgIpc) is 3.26. The molecule has 2 aliphatic heterocycles. The van der Waals surface area contributed by atoms with Gasteiger partial charge in [-0.1, -0.05) is 163 Å². The summed E-state index contributed by atoms with van der Waals surface area (Å²) in [6.07, 6.45) is 0. The minimum absolute atomic E-state index is 0.0294. The van der Waals surface area contributed by atoms with E-state index in [2.05, 4.69) is 221 Å². The highest BCUT2D eigenvalue weighted by molar-refractivity contribution is 7.00. The van der Waals surface area contributed by atoms with Crippen molar-refractivity contribution >= 4 is 57.2 Å². The predicted octanol–water partition coefficient (Wildman–Crippen LogP) is 12.2. The van der Waals surface area contributed by atoms with E-state index in [1.54, 1.807) is 0 Å². The van der Waals surface area contributed by atoms with E-state index >= 15 is 0 Å². The third-order valence-corrected chi connectivity index (χ3v) is 12.0. The first-order chi connectivity index (χ1) is 28.5. The van der Waals surface area contributed by atoms with Crippen LogP contribution < -0.4 is 26.2 Å². The summed E-state index contributed by atoms with van der Waals surface area (Å²) in [5.41, 5.74) is 18.3. The van der Waals surface area contributed by atoms with Crippen LogP contribution >= 0.6 is 0 Å². The fourth-order valence-corrected chi connectivity index (χ4v) is 8.89. The summed E-state index contributed by atoms with van der Waals surface area (Å²) in [5, 5.41) is 0. The maximum Gasteiger partial charge on any atom is 0.252 e. The summed E-state index contributed by atoms with van der Waals surface area (Å²) < 4.78 is 0. The number of hydrogen-bond acceptors (Lipinski definition) is 4. The van der Waals surface area contributed by atoms with Crippen LogP contribution in [0.25, 0.3) is 33.9 Å². The number of fused-ring (bicyclic) bond motifs is 4. The lowest BCUT2D eigenvalue weighted by Crippen LogP contribution is -2.61. The second-order valence-electron chi connectivity index (χ2n) is 17.9. The van der Waals surface area contributed by atoms with E-state index in [0.717, 1.165) is 50.8 Å². The van der Waals surface area contributed by atoms with Crippen LogP contribution in [-0.2, 0) is 10.8 Å². The van der Waals surface area contributed by atoms with Crippen LogP contribution in [0.3, 0.4) is 0 Å². The standard InChI is InChI=1S/C54H47BN4/c1-53(2,3)39-25-29-41(30-26-39)58-47-23-15-13-21-43(47)55-44-22-14-16-24-48(44)59(42-31-27-40(28-32-42)54(4,5)6)50-34-38(33-49(58)51(50)55)46-35-45(36-17-9-7-10-18-36)56-52(57-46)37-19-11-8-12-20-37/h7-35H,1-6H3. The molecule has 5 heteroatoms. The molecule has 2 aliphatic rings. The van der Waals surface area contributed by atoms with Gasteiger partial charge in [-0.2, -0.15) is 0 Å². The van der Waals surface area contributed by atoms with E-state index in [9.17, 15) is 0 Å². The lowest BCUT2D eigenvalue weighted by atomic mass is 9.33. The highest BCUT2D eigenvalue weighted by atomic mass is 15.2. The van der Waals surface area contributed by atoms with Crippen LogP contribution in [0.4, 0.5) is 34.1 Å². The zero-order valence-electron chi connectivity index (χ0n) is 34.6. The number of rotatable bonds is 5. The molecule has 0 aliphatic carbocycles. The van der Waals surface area contributed by atoms with E-state index in [1.165, 1.54) is 38.9 Å². The van der Waals surface area contributed by atoms with E-state index in [1.807, 2.05) is 6.07 Å². The van der Waals surface area contributed by atoms with Gasteiger partial charge in [0.15, 0.2) is 5.82 Å². The Balaban J connectivity index is 1.28. The maximum atomic E-state index is 5.37.